The number of terminal acetylenes is 1. The summed E-state index contributed by atoms with van der Waals surface area (Å²) in [4.78, 5) is 21.6. The lowest BCUT2D eigenvalue weighted by atomic mass is 10.2. The summed E-state index contributed by atoms with van der Waals surface area (Å²) in [6.07, 6.45) is 6.51. The monoisotopic (exact) mass is 383 g/mol. The van der Waals surface area contributed by atoms with Crippen LogP contribution in [0.4, 0.5) is 5.69 Å². The van der Waals surface area contributed by atoms with Gasteiger partial charge in [0.05, 0.1) is 13.2 Å². The third kappa shape index (κ3) is 5.47. The van der Waals surface area contributed by atoms with Crippen LogP contribution in [-0.2, 0) is 9.53 Å². The Kier molecular flexibility index (Phi) is 7.29. The van der Waals surface area contributed by atoms with Crippen molar-refractivity contribution in [1.29, 1.82) is 0 Å². The number of aliphatic imine (C=N–C) groups is 1. The van der Waals surface area contributed by atoms with Gasteiger partial charge in [-0.2, -0.15) is 0 Å². The number of rotatable bonds is 5. The number of morpholine rings is 1. The summed E-state index contributed by atoms with van der Waals surface area (Å²) in [5.74, 6) is 3.21. The zero-order valence-corrected chi connectivity index (χ0v) is 16.5. The fourth-order valence-electron chi connectivity index (χ4n) is 3.63. The highest BCUT2D eigenvalue weighted by Gasteiger charge is 2.30. The number of guanidine groups is 1. The SMILES string of the molecule is C#Cc1cccc(NC(=O)CN=C(NCC)N2CCC(N3CCOCC3)C2)c1. The number of anilines is 1. The minimum atomic E-state index is -0.159. The molecule has 1 amide bonds. The molecule has 1 aromatic carbocycles. The Labute approximate surface area is 167 Å². The smallest absolute Gasteiger partial charge is 0.246 e. The van der Waals surface area contributed by atoms with Gasteiger partial charge < -0.3 is 20.3 Å². The van der Waals surface area contributed by atoms with Crippen molar-refractivity contribution in [3.05, 3.63) is 29.8 Å². The van der Waals surface area contributed by atoms with Crippen LogP contribution in [0.1, 0.15) is 18.9 Å². The normalized spacial score (nSPS) is 20.6. The second-order valence-electron chi connectivity index (χ2n) is 6.98. The molecule has 2 N–H and O–H groups in total. The number of carbonyl (C=O) groups excluding carboxylic acids is 1. The van der Waals surface area contributed by atoms with Gasteiger partial charge in [-0.1, -0.05) is 12.0 Å². The van der Waals surface area contributed by atoms with E-state index in [2.05, 4.69) is 31.3 Å². The van der Waals surface area contributed by atoms with Crippen molar-refractivity contribution < 1.29 is 9.53 Å². The van der Waals surface area contributed by atoms with E-state index < -0.39 is 0 Å². The molecule has 1 unspecified atom stereocenters. The largest absolute Gasteiger partial charge is 0.379 e. The molecule has 2 saturated heterocycles. The lowest BCUT2D eigenvalue weighted by Gasteiger charge is -2.32. The van der Waals surface area contributed by atoms with Crippen LogP contribution < -0.4 is 10.6 Å². The summed E-state index contributed by atoms with van der Waals surface area (Å²) < 4.78 is 5.45. The van der Waals surface area contributed by atoms with E-state index in [0.717, 1.165) is 63.9 Å². The minimum absolute atomic E-state index is 0.0708. The van der Waals surface area contributed by atoms with Crippen molar-refractivity contribution in [1.82, 2.24) is 15.1 Å². The maximum absolute atomic E-state index is 12.3. The van der Waals surface area contributed by atoms with Gasteiger partial charge in [0.15, 0.2) is 5.96 Å². The molecular formula is C21H29N5O2. The summed E-state index contributed by atoms with van der Waals surface area (Å²) in [6.45, 7) is 8.35. The van der Waals surface area contributed by atoms with E-state index in [1.807, 2.05) is 25.1 Å². The highest BCUT2D eigenvalue weighted by Crippen LogP contribution is 2.17. The number of nitrogens with one attached hydrogen (secondary N) is 2. The molecule has 2 aliphatic rings. The van der Waals surface area contributed by atoms with Crippen LogP contribution in [0, 0.1) is 12.3 Å². The average molecular weight is 383 g/mol. The summed E-state index contributed by atoms with van der Waals surface area (Å²) in [5.41, 5.74) is 1.43. The molecule has 150 valence electrons. The van der Waals surface area contributed by atoms with Crippen molar-refractivity contribution in [2.45, 2.75) is 19.4 Å². The van der Waals surface area contributed by atoms with Gasteiger partial charge in [0.1, 0.15) is 6.54 Å². The first kappa shape index (κ1) is 20.2. The maximum Gasteiger partial charge on any atom is 0.246 e. The molecule has 0 saturated carbocycles. The number of carbonyl (C=O) groups is 1. The lowest BCUT2D eigenvalue weighted by molar-refractivity contribution is -0.114. The Morgan fingerprint density at radius 2 is 2.18 bits per heavy atom. The molecule has 0 radical (unpaired) electrons. The van der Waals surface area contributed by atoms with Gasteiger partial charge in [-0.25, -0.2) is 4.99 Å². The third-order valence-corrected chi connectivity index (χ3v) is 5.05. The first-order valence-electron chi connectivity index (χ1n) is 9.91. The summed E-state index contributed by atoms with van der Waals surface area (Å²) in [7, 11) is 0. The van der Waals surface area contributed by atoms with E-state index in [4.69, 9.17) is 11.2 Å². The van der Waals surface area contributed by atoms with Crippen molar-refractivity contribution in [3.8, 4) is 12.3 Å². The van der Waals surface area contributed by atoms with Crippen LogP contribution in [0.5, 0.6) is 0 Å². The number of amides is 1. The predicted octanol–water partition coefficient (Wildman–Crippen LogP) is 0.978. The lowest BCUT2D eigenvalue weighted by Crippen LogP contribution is -2.46. The third-order valence-electron chi connectivity index (χ3n) is 5.05. The number of benzene rings is 1. The zero-order valence-electron chi connectivity index (χ0n) is 16.5. The van der Waals surface area contributed by atoms with E-state index in [9.17, 15) is 4.79 Å². The predicted molar refractivity (Wildman–Crippen MR) is 111 cm³/mol. The van der Waals surface area contributed by atoms with Gasteiger partial charge in [-0.15, -0.1) is 6.42 Å². The van der Waals surface area contributed by atoms with E-state index in [-0.39, 0.29) is 12.5 Å². The second-order valence-corrected chi connectivity index (χ2v) is 6.98. The molecule has 0 spiro atoms. The molecular weight excluding hydrogens is 354 g/mol. The quantitative estimate of drug-likeness (QED) is 0.451. The molecule has 3 rings (SSSR count). The van der Waals surface area contributed by atoms with Gasteiger partial charge in [-0.3, -0.25) is 9.69 Å². The van der Waals surface area contributed by atoms with Crippen LogP contribution >= 0.6 is 0 Å². The molecule has 2 fully saturated rings. The van der Waals surface area contributed by atoms with Gasteiger partial charge in [0, 0.05) is 50.0 Å². The fourth-order valence-corrected chi connectivity index (χ4v) is 3.63. The van der Waals surface area contributed by atoms with Crippen LogP contribution in [0.3, 0.4) is 0 Å². The molecule has 0 aliphatic carbocycles. The Bertz CT molecular complexity index is 737. The highest BCUT2D eigenvalue weighted by molar-refractivity contribution is 5.94. The molecule has 28 heavy (non-hydrogen) atoms. The summed E-state index contributed by atoms with van der Waals surface area (Å²) in [5, 5.41) is 6.17. The number of ether oxygens (including phenoxy) is 1. The van der Waals surface area contributed by atoms with E-state index in [1.54, 1.807) is 6.07 Å². The average Bonchev–Trinajstić information content (AvgIpc) is 3.22. The molecule has 0 aromatic heterocycles. The molecule has 7 heteroatoms. The minimum Gasteiger partial charge on any atom is -0.379 e. The summed E-state index contributed by atoms with van der Waals surface area (Å²) in [6, 6.07) is 7.78. The molecule has 7 nitrogen and oxygen atoms in total. The second kappa shape index (κ2) is 10.1. The highest BCUT2D eigenvalue weighted by atomic mass is 16.5. The van der Waals surface area contributed by atoms with Crippen molar-refractivity contribution in [2.75, 3.05) is 57.8 Å². The zero-order chi connectivity index (χ0) is 19.8. The van der Waals surface area contributed by atoms with Crippen LogP contribution in [0.25, 0.3) is 0 Å². The molecule has 2 aliphatic heterocycles. The summed E-state index contributed by atoms with van der Waals surface area (Å²) >= 11 is 0. The van der Waals surface area contributed by atoms with Gasteiger partial charge in [-0.05, 0) is 31.5 Å². The number of hydrogen-bond donors (Lipinski definition) is 2. The Hall–Kier alpha value is -2.56. The number of likely N-dealkylation sites (tertiary alicyclic amines) is 1. The molecule has 0 bridgehead atoms. The van der Waals surface area contributed by atoms with Crippen molar-refractivity contribution >= 4 is 17.6 Å². The first-order chi connectivity index (χ1) is 13.7. The van der Waals surface area contributed by atoms with Gasteiger partial charge >= 0.3 is 0 Å². The Morgan fingerprint density at radius 3 is 2.93 bits per heavy atom. The van der Waals surface area contributed by atoms with Crippen molar-refractivity contribution in [3.63, 3.8) is 0 Å². The van der Waals surface area contributed by atoms with E-state index in [0.29, 0.717) is 11.7 Å². The topological polar surface area (TPSA) is 69.2 Å². The first-order valence-corrected chi connectivity index (χ1v) is 9.91. The van der Waals surface area contributed by atoms with E-state index >= 15 is 0 Å². The fraction of sp³-hybridized carbons (Fsp3) is 0.524. The van der Waals surface area contributed by atoms with Crippen LogP contribution in [0.15, 0.2) is 29.3 Å². The standard InChI is InChI=1S/C21H29N5O2/c1-3-17-6-5-7-18(14-17)24-20(27)15-23-21(22-4-2)26-9-8-19(16-26)25-10-12-28-13-11-25/h1,5-7,14,19H,4,8-13,15-16H2,2H3,(H,22,23)(H,24,27). The molecule has 1 aromatic rings. The van der Waals surface area contributed by atoms with Crippen LogP contribution in [0.2, 0.25) is 0 Å². The molecule has 1 atom stereocenters. The Morgan fingerprint density at radius 1 is 1.36 bits per heavy atom. The van der Waals surface area contributed by atoms with Crippen molar-refractivity contribution in [2.24, 2.45) is 4.99 Å². The maximum atomic E-state index is 12.3. The van der Waals surface area contributed by atoms with Crippen LogP contribution in [-0.4, -0.2) is 80.2 Å². The van der Waals surface area contributed by atoms with Gasteiger partial charge in [0.25, 0.3) is 0 Å². The van der Waals surface area contributed by atoms with E-state index in [1.165, 1.54) is 0 Å². The van der Waals surface area contributed by atoms with Gasteiger partial charge in [0.2, 0.25) is 5.91 Å². The molecule has 2 heterocycles. The number of nitrogens with zero attached hydrogens (tertiary/aromatic N) is 3. The Balaban J connectivity index is 1.56. The number of hydrogen-bond acceptors (Lipinski definition) is 4.